The lowest BCUT2D eigenvalue weighted by atomic mass is 10.4. The maximum Gasteiger partial charge on any atom is 0.282 e. The Hall–Kier alpha value is 0.0500. The summed E-state index contributed by atoms with van der Waals surface area (Å²) in [6.07, 6.45) is 0. The Kier molecular flexibility index (Phi) is 3.18. The number of nitrogens with zero attached hydrogens (tertiary/aromatic N) is 2. The van der Waals surface area contributed by atoms with Crippen LogP contribution in [0.15, 0.2) is 15.9 Å². The predicted octanol–water partition coefficient (Wildman–Crippen LogP) is 1.50. The highest BCUT2D eigenvalue weighted by molar-refractivity contribution is 9.10. The minimum Gasteiger partial charge on any atom is -0.195 e. The monoisotopic (exact) mass is 310 g/mol. The largest absolute Gasteiger partial charge is 0.282 e. The van der Waals surface area contributed by atoms with Gasteiger partial charge >= 0.3 is 0 Å². The first kappa shape index (κ1) is 11.5. The first-order valence-electron chi connectivity index (χ1n) is 4.44. The van der Waals surface area contributed by atoms with Crippen LogP contribution < -0.4 is 0 Å². The molecule has 84 valence electrons. The molecule has 2 heterocycles. The zero-order valence-electron chi connectivity index (χ0n) is 8.18. The van der Waals surface area contributed by atoms with Gasteiger partial charge in [-0.3, -0.25) is 0 Å². The van der Waals surface area contributed by atoms with Crippen molar-refractivity contribution in [3.05, 3.63) is 20.8 Å². The lowest BCUT2D eigenvalue weighted by Crippen LogP contribution is -2.30. The van der Waals surface area contributed by atoms with Gasteiger partial charge in [0.2, 0.25) is 0 Å². The van der Waals surface area contributed by atoms with E-state index in [0.29, 0.717) is 19.6 Å². The number of halogens is 1. The highest BCUT2D eigenvalue weighted by Crippen LogP contribution is 2.24. The molecule has 0 saturated carbocycles. The third-order valence-corrected chi connectivity index (χ3v) is 5.96. The predicted molar refractivity (Wildman–Crippen MR) is 64.0 cm³/mol. The molecular formula is C8H11BrN2O2S2. The van der Waals surface area contributed by atoms with Crippen molar-refractivity contribution < 1.29 is 8.42 Å². The van der Waals surface area contributed by atoms with Crippen molar-refractivity contribution in [2.75, 3.05) is 20.1 Å². The van der Waals surface area contributed by atoms with Gasteiger partial charge in [0.25, 0.3) is 10.2 Å². The lowest BCUT2D eigenvalue weighted by molar-refractivity contribution is 0.448. The molecule has 0 bridgehead atoms. The molecule has 1 fully saturated rings. The molecule has 4 nitrogen and oxygen atoms in total. The van der Waals surface area contributed by atoms with E-state index in [0.717, 1.165) is 9.35 Å². The van der Waals surface area contributed by atoms with Crippen molar-refractivity contribution in [2.45, 2.75) is 6.54 Å². The number of likely N-dealkylation sites (N-methyl/N-ethyl adjacent to an activating group) is 1. The maximum atomic E-state index is 11.7. The lowest BCUT2D eigenvalue weighted by Gasteiger charge is -2.14. The molecule has 0 atom stereocenters. The second kappa shape index (κ2) is 4.14. The topological polar surface area (TPSA) is 40.6 Å². The van der Waals surface area contributed by atoms with Crippen molar-refractivity contribution >= 4 is 37.5 Å². The average Bonchev–Trinajstić information content (AvgIpc) is 2.66. The Balaban J connectivity index is 2.14. The Bertz CT molecular complexity index is 457. The van der Waals surface area contributed by atoms with Gasteiger partial charge in [0.1, 0.15) is 0 Å². The molecule has 0 amide bonds. The second-order valence-corrected chi connectivity index (χ2v) is 7.34. The highest BCUT2D eigenvalue weighted by Gasteiger charge is 2.33. The Morgan fingerprint density at radius 2 is 2.27 bits per heavy atom. The standard InChI is InChI=1S/C8H11BrN2O2S2/c1-10-2-3-11(15(10,12)13)5-8-4-7(9)6-14-8/h4,6H,2-3,5H2,1H3. The van der Waals surface area contributed by atoms with Crippen molar-refractivity contribution in [2.24, 2.45) is 0 Å². The molecule has 1 aromatic rings. The van der Waals surface area contributed by atoms with Crippen molar-refractivity contribution in [1.82, 2.24) is 8.61 Å². The van der Waals surface area contributed by atoms with Crippen LogP contribution in [0.3, 0.4) is 0 Å². The molecule has 0 unspecified atom stereocenters. The van der Waals surface area contributed by atoms with E-state index in [9.17, 15) is 8.42 Å². The molecule has 1 aliphatic heterocycles. The van der Waals surface area contributed by atoms with Crippen LogP contribution in [0.4, 0.5) is 0 Å². The maximum absolute atomic E-state index is 11.7. The molecule has 0 radical (unpaired) electrons. The van der Waals surface area contributed by atoms with Gasteiger partial charge in [-0.1, -0.05) is 0 Å². The summed E-state index contributed by atoms with van der Waals surface area (Å²) in [6.45, 7) is 1.63. The van der Waals surface area contributed by atoms with Gasteiger partial charge in [0, 0.05) is 41.4 Å². The summed E-state index contributed by atoms with van der Waals surface area (Å²) in [5.41, 5.74) is 0. The minimum absolute atomic E-state index is 0.475. The van der Waals surface area contributed by atoms with E-state index in [2.05, 4.69) is 15.9 Å². The van der Waals surface area contributed by atoms with E-state index in [-0.39, 0.29) is 0 Å². The summed E-state index contributed by atoms with van der Waals surface area (Å²) >= 11 is 4.92. The zero-order chi connectivity index (χ0) is 11.1. The molecule has 7 heteroatoms. The molecule has 0 N–H and O–H groups in total. The molecule has 0 aromatic carbocycles. The van der Waals surface area contributed by atoms with Crippen LogP contribution in [0.2, 0.25) is 0 Å². The molecule has 0 aliphatic carbocycles. The van der Waals surface area contributed by atoms with Gasteiger partial charge in [-0.2, -0.15) is 17.0 Å². The van der Waals surface area contributed by atoms with Gasteiger partial charge in [0.05, 0.1) is 0 Å². The second-order valence-electron chi connectivity index (χ2n) is 3.39. The van der Waals surface area contributed by atoms with E-state index in [1.165, 1.54) is 8.61 Å². The third-order valence-electron chi connectivity index (χ3n) is 2.34. The summed E-state index contributed by atoms with van der Waals surface area (Å²) in [5.74, 6) is 0. The van der Waals surface area contributed by atoms with E-state index in [4.69, 9.17) is 0 Å². The fourth-order valence-corrected chi connectivity index (χ4v) is 4.32. The van der Waals surface area contributed by atoms with Gasteiger partial charge in [-0.25, -0.2) is 0 Å². The Labute approximate surface area is 102 Å². The van der Waals surface area contributed by atoms with Crippen LogP contribution in [0.5, 0.6) is 0 Å². The van der Waals surface area contributed by atoms with Crippen LogP contribution in [-0.4, -0.2) is 37.2 Å². The molecular weight excluding hydrogens is 300 g/mol. The summed E-state index contributed by atoms with van der Waals surface area (Å²) < 4.78 is 27.4. The molecule has 1 aliphatic rings. The quantitative estimate of drug-likeness (QED) is 0.830. The summed E-state index contributed by atoms with van der Waals surface area (Å²) in [6, 6.07) is 1.96. The fraction of sp³-hybridized carbons (Fsp3) is 0.500. The first-order chi connectivity index (χ1) is 7.00. The molecule has 1 saturated heterocycles. The van der Waals surface area contributed by atoms with Crippen LogP contribution >= 0.6 is 27.3 Å². The summed E-state index contributed by atoms with van der Waals surface area (Å²) in [5, 5.41) is 1.96. The van der Waals surface area contributed by atoms with Gasteiger partial charge in [-0.05, 0) is 22.0 Å². The van der Waals surface area contributed by atoms with Gasteiger partial charge in [0.15, 0.2) is 0 Å². The minimum atomic E-state index is -3.20. The van der Waals surface area contributed by atoms with Gasteiger partial charge < -0.3 is 0 Å². The normalized spacial score (nSPS) is 22.3. The third kappa shape index (κ3) is 2.26. The number of hydrogen-bond donors (Lipinski definition) is 0. The van der Waals surface area contributed by atoms with E-state index in [1.54, 1.807) is 18.4 Å². The summed E-state index contributed by atoms with van der Waals surface area (Å²) in [7, 11) is -1.59. The Morgan fingerprint density at radius 1 is 1.53 bits per heavy atom. The van der Waals surface area contributed by atoms with E-state index >= 15 is 0 Å². The van der Waals surface area contributed by atoms with E-state index in [1.807, 2.05) is 11.4 Å². The first-order valence-corrected chi connectivity index (χ1v) is 7.51. The Morgan fingerprint density at radius 3 is 2.73 bits per heavy atom. The van der Waals surface area contributed by atoms with Crippen LogP contribution in [0.1, 0.15) is 4.88 Å². The average molecular weight is 311 g/mol. The van der Waals surface area contributed by atoms with Crippen molar-refractivity contribution in [3.8, 4) is 0 Å². The van der Waals surface area contributed by atoms with E-state index < -0.39 is 10.2 Å². The van der Waals surface area contributed by atoms with Crippen LogP contribution in [0.25, 0.3) is 0 Å². The molecule has 1 aromatic heterocycles. The number of hydrogen-bond acceptors (Lipinski definition) is 3. The SMILES string of the molecule is CN1CCN(Cc2cc(Br)cs2)S1(=O)=O. The number of thiophene rings is 1. The van der Waals surface area contributed by atoms with Crippen LogP contribution in [0, 0.1) is 0 Å². The fourth-order valence-electron chi connectivity index (χ4n) is 1.45. The highest BCUT2D eigenvalue weighted by atomic mass is 79.9. The summed E-state index contributed by atoms with van der Waals surface area (Å²) in [4.78, 5) is 1.06. The number of rotatable bonds is 2. The van der Waals surface area contributed by atoms with Gasteiger partial charge in [-0.15, -0.1) is 11.3 Å². The molecule has 15 heavy (non-hydrogen) atoms. The zero-order valence-corrected chi connectivity index (χ0v) is 11.4. The van der Waals surface area contributed by atoms with Crippen molar-refractivity contribution in [1.29, 1.82) is 0 Å². The van der Waals surface area contributed by atoms with Crippen LogP contribution in [-0.2, 0) is 16.8 Å². The smallest absolute Gasteiger partial charge is 0.195 e. The molecule has 2 rings (SSSR count). The van der Waals surface area contributed by atoms with Crippen molar-refractivity contribution in [3.63, 3.8) is 0 Å². The molecule has 0 spiro atoms.